The predicted octanol–water partition coefficient (Wildman–Crippen LogP) is 12.0. The Bertz CT molecular complexity index is 1110. The van der Waals surface area contributed by atoms with Gasteiger partial charge in [-0.05, 0) is 61.4 Å². The SMILES string of the molecule is CCCCCCCCCCCCC/C=C/c1cc(C2=C(c3ccsc3C)C(F)(F)C(F)(F)C2(F)F)c(C)s1. The topological polar surface area (TPSA) is 0 Å². The third-order valence-electron chi connectivity index (χ3n) is 7.26. The van der Waals surface area contributed by atoms with Crippen LogP contribution in [0.25, 0.3) is 17.2 Å². The smallest absolute Gasteiger partial charge is 0.194 e. The first-order valence-electron chi connectivity index (χ1n) is 13.7. The third kappa shape index (κ3) is 6.43. The van der Waals surface area contributed by atoms with E-state index in [0.717, 1.165) is 41.9 Å². The first-order valence-corrected chi connectivity index (χ1v) is 15.4. The second kappa shape index (κ2) is 13.2. The summed E-state index contributed by atoms with van der Waals surface area (Å²) in [5.74, 6) is -15.5. The molecule has 0 aliphatic heterocycles. The van der Waals surface area contributed by atoms with Crippen LogP contribution in [0.15, 0.2) is 23.6 Å². The molecule has 0 unspecified atom stereocenters. The second-order valence-electron chi connectivity index (χ2n) is 10.2. The lowest BCUT2D eigenvalue weighted by atomic mass is 9.95. The van der Waals surface area contributed by atoms with E-state index in [1.165, 1.54) is 89.1 Å². The van der Waals surface area contributed by atoms with Crippen molar-refractivity contribution >= 4 is 39.9 Å². The van der Waals surface area contributed by atoms with Crippen LogP contribution in [-0.2, 0) is 0 Å². The molecule has 3 rings (SSSR count). The summed E-state index contributed by atoms with van der Waals surface area (Å²) < 4.78 is 88.7. The minimum atomic E-state index is -5.52. The number of hydrogen-bond donors (Lipinski definition) is 0. The molecule has 8 heteroatoms. The fourth-order valence-corrected chi connectivity index (χ4v) is 6.71. The molecule has 0 radical (unpaired) electrons. The molecule has 2 heterocycles. The van der Waals surface area contributed by atoms with Crippen LogP contribution in [0, 0.1) is 13.8 Å². The van der Waals surface area contributed by atoms with Gasteiger partial charge in [-0.2, -0.15) is 26.3 Å². The van der Waals surface area contributed by atoms with E-state index in [-0.39, 0.29) is 11.1 Å². The van der Waals surface area contributed by atoms with Crippen LogP contribution < -0.4 is 0 Å². The molecule has 0 fully saturated rings. The van der Waals surface area contributed by atoms with Crippen molar-refractivity contribution in [2.45, 2.75) is 116 Å². The Kier molecular flexibility index (Phi) is 10.8. The highest BCUT2D eigenvalue weighted by molar-refractivity contribution is 7.13. The molecular weight excluding hydrogens is 538 g/mol. The maximum atomic E-state index is 15.0. The highest BCUT2D eigenvalue weighted by atomic mass is 32.1. The van der Waals surface area contributed by atoms with Crippen molar-refractivity contribution in [3.8, 4) is 0 Å². The Balaban J connectivity index is 1.63. The Morgan fingerprint density at radius 2 is 1.24 bits per heavy atom. The molecule has 0 bridgehead atoms. The molecule has 1 aliphatic rings. The minimum absolute atomic E-state index is 0.230. The van der Waals surface area contributed by atoms with Gasteiger partial charge in [-0.25, -0.2) is 0 Å². The molecule has 0 amide bonds. The molecule has 0 aromatic carbocycles. The quantitative estimate of drug-likeness (QED) is 0.146. The zero-order valence-corrected chi connectivity index (χ0v) is 24.1. The van der Waals surface area contributed by atoms with Crippen LogP contribution >= 0.6 is 22.7 Å². The largest absolute Gasteiger partial charge is 0.380 e. The maximum absolute atomic E-state index is 15.0. The van der Waals surface area contributed by atoms with Crippen LogP contribution in [0.3, 0.4) is 0 Å². The summed E-state index contributed by atoms with van der Waals surface area (Å²) in [6.45, 7) is 5.20. The molecule has 2 aromatic rings. The number of rotatable bonds is 15. The van der Waals surface area contributed by atoms with Crippen LogP contribution in [-0.4, -0.2) is 17.8 Å². The van der Waals surface area contributed by atoms with Gasteiger partial charge in [-0.1, -0.05) is 77.2 Å². The molecule has 212 valence electrons. The standard InChI is InChI=1S/C30H38F6S2/c1-4-5-6-7-8-9-10-11-12-13-14-15-16-17-23-20-25(22(3)38-23)27-26(24-18-19-37-21(24)2)28(31,32)30(35,36)29(27,33)34/h16-20H,4-15H2,1-3H3/b17-16+. The molecule has 0 saturated heterocycles. The summed E-state index contributed by atoms with van der Waals surface area (Å²) in [5, 5.41) is 1.45. The molecule has 0 spiro atoms. The Labute approximate surface area is 230 Å². The van der Waals surface area contributed by atoms with Crippen LogP contribution in [0.2, 0.25) is 0 Å². The van der Waals surface area contributed by atoms with E-state index in [2.05, 4.69) is 6.92 Å². The van der Waals surface area contributed by atoms with E-state index < -0.39 is 28.9 Å². The predicted molar refractivity (Wildman–Crippen MR) is 150 cm³/mol. The van der Waals surface area contributed by atoms with E-state index in [0.29, 0.717) is 14.6 Å². The van der Waals surface area contributed by atoms with Crippen molar-refractivity contribution < 1.29 is 26.3 Å². The monoisotopic (exact) mass is 576 g/mol. The summed E-state index contributed by atoms with van der Waals surface area (Å²) in [5.41, 5.74) is -2.99. The highest BCUT2D eigenvalue weighted by Crippen LogP contribution is 2.65. The highest BCUT2D eigenvalue weighted by Gasteiger charge is 2.80. The molecule has 0 saturated carbocycles. The van der Waals surface area contributed by atoms with Gasteiger partial charge < -0.3 is 0 Å². The van der Waals surface area contributed by atoms with E-state index in [1.54, 1.807) is 6.08 Å². The van der Waals surface area contributed by atoms with Crippen LogP contribution in [0.1, 0.15) is 110 Å². The normalized spacial score (nSPS) is 18.2. The first kappa shape index (κ1) is 31.0. The summed E-state index contributed by atoms with van der Waals surface area (Å²) in [6, 6.07) is 2.57. The summed E-state index contributed by atoms with van der Waals surface area (Å²) in [6.07, 6.45) is 18.2. The second-order valence-corrected chi connectivity index (χ2v) is 12.6. The van der Waals surface area contributed by atoms with Crippen LogP contribution in [0.4, 0.5) is 26.3 Å². The van der Waals surface area contributed by atoms with Gasteiger partial charge in [-0.15, -0.1) is 22.7 Å². The molecule has 0 atom stereocenters. The van der Waals surface area contributed by atoms with Gasteiger partial charge in [0.25, 0.3) is 0 Å². The van der Waals surface area contributed by atoms with Crippen molar-refractivity contribution in [1.82, 2.24) is 0 Å². The lowest BCUT2D eigenvalue weighted by molar-refractivity contribution is -0.254. The van der Waals surface area contributed by atoms with E-state index in [1.807, 2.05) is 6.08 Å². The average molecular weight is 577 g/mol. The fraction of sp³-hybridized carbons (Fsp3) is 0.600. The van der Waals surface area contributed by atoms with Gasteiger partial charge in [-0.3, -0.25) is 0 Å². The molecule has 0 N–H and O–H groups in total. The van der Waals surface area contributed by atoms with Crippen LogP contribution in [0.5, 0.6) is 0 Å². The van der Waals surface area contributed by atoms with Crippen molar-refractivity contribution in [3.05, 3.63) is 49.3 Å². The number of aryl methyl sites for hydroxylation is 2. The lowest BCUT2D eigenvalue weighted by Crippen LogP contribution is -2.48. The van der Waals surface area contributed by atoms with E-state index in [4.69, 9.17) is 0 Å². The molecular formula is C30H38F6S2. The Morgan fingerprint density at radius 1 is 0.711 bits per heavy atom. The lowest BCUT2D eigenvalue weighted by Gasteiger charge is -2.25. The number of allylic oxidation sites excluding steroid dienone is 3. The van der Waals surface area contributed by atoms with Gasteiger partial charge >= 0.3 is 17.8 Å². The summed E-state index contributed by atoms with van der Waals surface area (Å²) in [7, 11) is 0. The first-order chi connectivity index (χ1) is 18.0. The van der Waals surface area contributed by atoms with Gasteiger partial charge in [0.1, 0.15) is 0 Å². The third-order valence-corrected chi connectivity index (χ3v) is 9.12. The van der Waals surface area contributed by atoms with Crippen molar-refractivity contribution in [1.29, 1.82) is 0 Å². The van der Waals surface area contributed by atoms with E-state index >= 15 is 8.78 Å². The zero-order chi connectivity index (χ0) is 28.0. The van der Waals surface area contributed by atoms with Crippen molar-refractivity contribution in [2.24, 2.45) is 0 Å². The fourth-order valence-electron chi connectivity index (χ4n) is 5.04. The molecule has 2 aromatic heterocycles. The number of thiophene rings is 2. The minimum Gasteiger partial charge on any atom is -0.194 e. The van der Waals surface area contributed by atoms with Gasteiger partial charge in [0, 0.05) is 25.8 Å². The van der Waals surface area contributed by atoms with Crippen molar-refractivity contribution in [2.75, 3.05) is 0 Å². The van der Waals surface area contributed by atoms with E-state index in [9.17, 15) is 17.6 Å². The molecule has 1 aliphatic carbocycles. The maximum Gasteiger partial charge on any atom is 0.380 e. The summed E-state index contributed by atoms with van der Waals surface area (Å²) >= 11 is 2.21. The van der Waals surface area contributed by atoms with Gasteiger partial charge in [0.05, 0.1) is 0 Å². The zero-order valence-electron chi connectivity index (χ0n) is 22.5. The van der Waals surface area contributed by atoms with Gasteiger partial charge in [0.15, 0.2) is 0 Å². The Hall–Kier alpha value is -1.54. The number of alkyl halides is 6. The van der Waals surface area contributed by atoms with Crippen molar-refractivity contribution in [3.63, 3.8) is 0 Å². The number of halogens is 6. The molecule has 38 heavy (non-hydrogen) atoms. The molecule has 0 nitrogen and oxygen atoms in total. The number of unbranched alkanes of at least 4 members (excludes halogenated alkanes) is 11. The number of hydrogen-bond acceptors (Lipinski definition) is 2. The average Bonchev–Trinajstić information content (AvgIpc) is 3.46. The Morgan fingerprint density at radius 3 is 1.76 bits per heavy atom. The van der Waals surface area contributed by atoms with Gasteiger partial charge in [0.2, 0.25) is 0 Å². The summed E-state index contributed by atoms with van der Waals surface area (Å²) in [4.78, 5) is 1.20.